The Balaban J connectivity index is 1.80. The van der Waals surface area contributed by atoms with Crippen LogP contribution in [0.5, 0.6) is 0 Å². The van der Waals surface area contributed by atoms with Crippen molar-refractivity contribution in [2.45, 2.75) is 56.6 Å². The minimum absolute atomic E-state index is 0.103. The minimum atomic E-state index is -3.05. The van der Waals surface area contributed by atoms with Gasteiger partial charge in [-0.2, -0.15) is 0 Å². The van der Waals surface area contributed by atoms with Crippen molar-refractivity contribution >= 4 is 10.0 Å². The number of unbranched alkanes of at least 4 members (excludes halogenated alkanes) is 2. The second-order valence-electron chi connectivity index (χ2n) is 6.39. The molecule has 124 valence electrons. The van der Waals surface area contributed by atoms with Crippen LogP contribution in [-0.2, 0) is 10.0 Å². The number of sulfonamides is 1. The molecule has 2 N–H and O–H groups in total. The van der Waals surface area contributed by atoms with E-state index in [1.165, 1.54) is 12.8 Å². The molecule has 0 radical (unpaired) electrons. The molecule has 2 rings (SSSR count). The molecule has 0 atom stereocenters. The van der Waals surface area contributed by atoms with E-state index in [1.54, 1.807) is 4.31 Å². The lowest BCUT2D eigenvalue weighted by Crippen LogP contribution is -2.40. The zero-order valence-electron chi connectivity index (χ0n) is 13.2. The first-order valence-electron chi connectivity index (χ1n) is 8.56. The third-order valence-electron chi connectivity index (χ3n) is 4.81. The minimum Gasteiger partial charge on any atom is -0.330 e. The molecule has 1 aliphatic carbocycles. The van der Waals surface area contributed by atoms with Crippen molar-refractivity contribution in [2.75, 3.05) is 39.3 Å². The van der Waals surface area contributed by atoms with Crippen LogP contribution >= 0.6 is 0 Å². The van der Waals surface area contributed by atoms with Gasteiger partial charge in [0.15, 0.2) is 0 Å². The zero-order valence-corrected chi connectivity index (χ0v) is 14.0. The van der Waals surface area contributed by atoms with Crippen LogP contribution in [0.15, 0.2) is 0 Å². The molecule has 1 saturated carbocycles. The summed E-state index contributed by atoms with van der Waals surface area (Å²) in [4.78, 5) is 2.42. The van der Waals surface area contributed by atoms with E-state index in [1.807, 2.05) is 0 Å². The van der Waals surface area contributed by atoms with Crippen LogP contribution in [0.2, 0.25) is 0 Å². The van der Waals surface area contributed by atoms with Gasteiger partial charge in [-0.05, 0) is 51.7 Å². The molecule has 2 aliphatic rings. The Morgan fingerprint density at radius 3 is 2.38 bits per heavy atom. The summed E-state index contributed by atoms with van der Waals surface area (Å²) < 4.78 is 27.0. The Morgan fingerprint density at radius 2 is 1.67 bits per heavy atom. The molecule has 1 aliphatic heterocycles. The van der Waals surface area contributed by atoms with E-state index >= 15 is 0 Å². The lowest BCUT2D eigenvalue weighted by molar-refractivity contribution is 0.279. The predicted molar refractivity (Wildman–Crippen MR) is 86.7 cm³/mol. The van der Waals surface area contributed by atoms with Gasteiger partial charge >= 0.3 is 0 Å². The van der Waals surface area contributed by atoms with E-state index in [0.717, 1.165) is 64.7 Å². The summed E-state index contributed by atoms with van der Waals surface area (Å²) in [5.74, 6) is 0. The van der Waals surface area contributed by atoms with Gasteiger partial charge in [-0.15, -0.1) is 0 Å². The van der Waals surface area contributed by atoms with E-state index in [-0.39, 0.29) is 5.25 Å². The van der Waals surface area contributed by atoms with E-state index in [9.17, 15) is 8.42 Å². The lowest BCUT2D eigenvalue weighted by Gasteiger charge is -2.24. The van der Waals surface area contributed by atoms with Gasteiger partial charge in [0.2, 0.25) is 10.0 Å². The highest BCUT2D eigenvalue weighted by Crippen LogP contribution is 2.27. The van der Waals surface area contributed by atoms with Gasteiger partial charge in [0.05, 0.1) is 5.25 Å². The topological polar surface area (TPSA) is 66.6 Å². The first kappa shape index (κ1) is 17.2. The van der Waals surface area contributed by atoms with Gasteiger partial charge in [-0.1, -0.05) is 19.3 Å². The van der Waals surface area contributed by atoms with Crippen molar-refractivity contribution in [3.05, 3.63) is 0 Å². The monoisotopic (exact) mass is 317 g/mol. The summed E-state index contributed by atoms with van der Waals surface area (Å²) >= 11 is 0. The van der Waals surface area contributed by atoms with Gasteiger partial charge < -0.3 is 10.6 Å². The van der Waals surface area contributed by atoms with Crippen molar-refractivity contribution in [1.82, 2.24) is 9.21 Å². The van der Waals surface area contributed by atoms with Crippen LogP contribution in [0.1, 0.15) is 51.4 Å². The first-order chi connectivity index (χ1) is 10.1. The SMILES string of the molecule is NCCCCCN1CCCN(S(=O)(=O)C2CCCC2)CC1. The molecule has 1 heterocycles. The van der Waals surface area contributed by atoms with E-state index in [2.05, 4.69) is 4.90 Å². The van der Waals surface area contributed by atoms with Crippen molar-refractivity contribution in [3.8, 4) is 0 Å². The van der Waals surface area contributed by atoms with E-state index in [0.29, 0.717) is 13.1 Å². The average molecular weight is 317 g/mol. The largest absolute Gasteiger partial charge is 0.330 e. The van der Waals surface area contributed by atoms with Gasteiger partial charge in [-0.25, -0.2) is 12.7 Å². The zero-order chi connectivity index (χ0) is 15.1. The molecule has 0 aromatic rings. The van der Waals surface area contributed by atoms with Gasteiger partial charge in [0.1, 0.15) is 0 Å². The molecule has 0 bridgehead atoms. The third-order valence-corrected chi connectivity index (χ3v) is 7.21. The Kier molecular flexibility index (Phi) is 6.92. The summed E-state index contributed by atoms with van der Waals surface area (Å²) in [5.41, 5.74) is 5.51. The van der Waals surface area contributed by atoms with Crippen LogP contribution in [0.3, 0.4) is 0 Å². The fourth-order valence-corrected chi connectivity index (χ4v) is 5.55. The van der Waals surface area contributed by atoms with Crippen LogP contribution in [0, 0.1) is 0 Å². The van der Waals surface area contributed by atoms with Crippen LogP contribution in [0.25, 0.3) is 0 Å². The summed E-state index contributed by atoms with van der Waals surface area (Å²) in [7, 11) is -3.05. The Hall–Kier alpha value is -0.170. The summed E-state index contributed by atoms with van der Waals surface area (Å²) in [6, 6.07) is 0. The lowest BCUT2D eigenvalue weighted by atomic mass is 10.2. The standard InChI is InChI=1S/C15H31N3O2S/c16-9-4-1-5-10-17-11-6-12-18(14-13-17)21(19,20)15-7-2-3-8-15/h15H,1-14,16H2. The summed E-state index contributed by atoms with van der Waals surface area (Å²) in [5, 5.41) is -0.103. The molecule has 0 spiro atoms. The maximum absolute atomic E-state index is 12.6. The number of hydrogen-bond acceptors (Lipinski definition) is 4. The van der Waals surface area contributed by atoms with E-state index in [4.69, 9.17) is 5.73 Å². The normalized spacial score (nSPS) is 23.5. The Morgan fingerprint density at radius 1 is 0.905 bits per heavy atom. The van der Waals surface area contributed by atoms with Gasteiger partial charge in [0.25, 0.3) is 0 Å². The highest BCUT2D eigenvalue weighted by Gasteiger charge is 2.34. The fraction of sp³-hybridized carbons (Fsp3) is 1.00. The van der Waals surface area contributed by atoms with Crippen LogP contribution < -0.4 is 5.73 Å². The Bertz CT molecular complexity index is 394. The highest BCUT2D eigenvalue weighted by molar-refractivity contribution is 7.89. The molecule has 0 aromatic carbocycles. The molecule has 0 unspecified atom stereocenters. The molecule has 1 saturated heterocycles. The molecular weight excluding hydrogens is 286 g/mol. The van der Waals surface area contributed by atoms with Crippen LogP contribution in [0.4, 0.5) is 0 Å². The Labute approximate surface area is 129 Å². The van der Waals surface area contributed by atoms with E-state index < -0.39 is 10.0 Å². The number of hydrogen-bond donors (Lipinski definition) is 1. The molecule has 0 amide bonds. The molecule has 5 nitrogen and oxygen atoms in total. The molecule has 6 heteroatoms. The van der Waals surface area contributed by atoms with Gasteiger partial charge in [-0.3, -0.25) is 0 Å². The predicted octanol–water partition coefficient (Wildman–Crippen LogP) is 1.40. The summed E-state index contributed by atoms with van der Waals surface area (Å²) in [6.45, 7) is 5.15. The number of nitrogens with two attached hydrogens (primary N) is 1. The second kappa shape index (κ2) is 8.46. The van der Waals surface area contributed by atoms with Crippen molar-refractivity contribution < 1.29 is 8.42 Å². The summed E-state index contributed by atoms with van der Waals surface area (Å²) in [6.07, 6.45) is 8.28. The molecule has 21 heavy (non-hydrogen) atoms. The highest BCUT2D eigenvalue weighted by atomic mass is 32.2. The number of rotatable bonds is 7. The molecule has 0 aromatic heterocycles. The van der Waals surface area contributed by atoms with Crippen molar-refractivity contribution in [1.29, 1.82) is 0 Å². The quantitative estimate of drug-likeness (QED) is 0.721. The maximum Gasteiger partial charge on any atom is 0.217 e. The number of nitrogens with zero attached hydrogens (tertiary/aromatic N) is 2. The third kappa shape index (κ3) is 4.91. The van der Waals surface area contributed by atoms with Crippen molar-refractivity contribution in [3.63, 3.8) is 0 Å². The van der Waals surface area contributed by atoms with Crippen molar-refractivity contribution in [2.24, 2.45) is 5.73 Å². The van der Waals surface area contributed by atoms with Crippen LogP contribution in [-0.4, -0.2) is 62.1 Å². The molecular formula is C15H31N3O2S. The second-order valence-corrected chi connectivity index (χ2v) is 8.61. The average Bonchev–Trinajstić information content (AvgIpc) is 2.91. The smallest absolute Gasteiger partial charge is 0.217 e. The maximum atomic E-state index is 12.6. The fourth-order valence-electron chi connectivity index (χ4n) is 3.48. The van der Waals surface area contributed by atoms with Gasteiger partial charge in [0, 0.05) is 19.6 Å². The first-order valence-corrected chi connectivity index (χ1v) is 10.1. The molecule has 2 fully saturated rings.